The Bertz CT molecular complexity index is 651. The molecular formula is C21H35IN4O3. The molecule has 1 aromatic carbocycles. The predicted molar refractivity (Wildman–Crippen MR) is 126 cm³/mol. The Kier molecular flexibility index (Phi) is 10.3. The molecule has 8 heteroatoms. The van der Waals surface area contributed by atoms with Gasteiger partial charge in [0, 0.05) is 40.3 Å². The maximum atomic E-state index is 5.49. The van der Waals surface area contributed by atoms with Gasteiger partial charge >= 0.3 is 0 Å². The standard InChI is InChI=1S/C21H34N4O3.HI/c1-4-22-21(23-14-17-7-9-25(10-8-17)11-12-26-3)24(2)15-18-5-6-19-20(13-18)28-16-27-19;/h5-6,13,17H,4,7-12,14-16H2,1-3H3,(H,22,23);1H. The number of likely N-dealkylation sites (tertiary alicyclic amines) is 1. The number of benzene rings is 1. The maximum absolute atomic E-state index is 5.49. The smallest absolute Gasteiger partial charge is 0.231 e. The highest BCUT2D eigenvalue weighted by molar-refractivity contribution is 14.0. The van der Waals surface area contributed by atoms with Crippen molar-refractivity contribution < 1.29 is 14.2 Å². The van der Waals surface area contributed by atoms with Crippen molar-refractivity contribution in [1.29, 1.82) is 0 Å². The highest BCUT2D eigenvalue weighted by atomic mass is 127. The Morgan fingerprint density at radius 3 is 2.76 bits per heavy atom. The zero-order valence-corrected chi connectivity index (χ0v) is 20.2. The molecular weight excluding hydrogens is 483 g/mol. The topological polar surface area (TPSA) is 58.6 Å². The van der Waals surface area contributed by atoms with E-state index in [-0.39, 0.29) is 24.0 Å². The van der Waals surface area contributed by atoms with E-state index in [1.165, 1.54) is 18.4 Å². The molecule has 0 amide bonds. The Morgan fingerprint density at radius 2 is 2.03 bits per heavy atom. The minimum atomic E-state index is 0. The van der Waals surface area contributed by atoms with Crippen LogP contribution in [0, 0.1) is 5.92 Å². The molecule has 29 heavy (non-hydrogen) atoms. The summed E-state index contributed by atoms with van der Waals surface area (Å²) in [6.07, 6.45) is 2.41. The highest BCUT2D eigenvalue weighted by Crippen LogP contribution is 2.32. The number of halogens is 1. The summed E-state index contributed by atoms with van der Waals surface area (Å²) >= 11 is 0. The molecule has 1 N–H and O–H groups in total. The summed E-state index contributed by atoms with van der Waals surface area (Å²) in [5.74, 6) is 3.27. The number of aliphatic imine (C=N–C) groups is 1. The van der Waals surface area contributed by atoms with Crippen LogP contribution in [0.3, 0.4) is 0 Å². The molecule has 0 atom stereocenters. The molecule has 7 nitrogen and oxygen atoms in total. The average Bonchev–Trinajstić information content (AvgIpc) is 3.18. The van der Waals surface area contributed by atoms with Gasteiger partial charge in [-0.3, -0.25) is 4.99 Å². The van der Waals surface area contributed by atoms with Gasteiger partial charge in [0.25, 0.3) is 0 Å². The fraction of sp³-hybridized carbons (Fsp3) is 0.667. The number of hydrogen-bond acceptors (Lipinski definition) is 5. The third-order valence-corrected chi connectivity index (χ3v) is 5.37. The summed E-state index contributed by atoms with van der Waals surface area (Å²) in [5.41, 5.74) is 1.18. The van der Waals surface area contributed by atoms with Crippen molar-refractivity contribution in [3.8, 4) is 11.5 Å². The SMILES string of the molecule is CCNC(=NCC1CCN(CCOC)CC1)N(C)Cc1ccc2c(c1)OCO2.I. The molecule has 1 aromatic rings. The number of fused-ring (bicyclic) bond motifs is 1. The van der Waals surface area contributed by atoms with E-state index in [4.69, 9.17) is 19.2 Å². The van der Waals surface area contributed by atoms with E-state index >= 15 is 0 Å². The van der Waals surface area contributed by atoms with Gasteiger partial charge in [-0.15, -0.1) is 24.0 Å². The zero-order chi connectivity index (χ0) is 19.8. The average molecular weight is 518 g/mol. The second kappa shape index (κ2) is 12.4. The summed E-state index contributed by atoms with van der Waals surface area (Å²) in [7, 11) is 3.85. The number of rotatable bonds is 8. The highest BCUT2D eigenvalue weighted by Gasteiger charge is 2.19. The number of nitrogens with zero attached hydrogens (tertiary/aromatic N) is 3. The van der Waals surface area contributed by atoms with Gasteiger partial charge in [0.15, 0.2) is 17.5 Å². The van der Waals surface area contributed by atoms with Crippen molar-refractivity contribution in [3.05, 3.63) is 23.8 Å². The van der Waals surface area contributed by atoms with Gasteiger partial charge in [-0.05, 0) is 56.5 Å². The first-order valence-electron chi connectivity index (χ1n) is 10.3. The van der Waals surface area contributed by atoms with Gasteiger partial charge in [-0.1, -0.05) is 6.07 Å². The molecule has 2 aliphatic heterocycles. The van der Waals surface area contributed by atoms with Gasteiger partial charge in [0.05, 0.1) is 6.61 Å². The van der Waals surface area contributed by atoms with Crippen LogP contribution in [0.5, 0.6) is 11.5 Å². The molecule has 2 heterocycles. The quantitative estimate of drug-likeness (QED) is 0.325. The van der Waals surface area contributed by atoms with Gasteiger partial charge in [-0.25, -0.2) is 0 Å². The van der Waals surface area contributed by atoms with Gasteiger partial charge in [-0.2, -0.15) is 0 Å². The van der Waals surface area contributed by atoms with Crippen LogP contribution in [-0.2, 0) is 11.3 Å². The molecule has 2 aliphatic rings. The summed E-state index contributed by atoms with van der Waals surface area (Å²) in [6.45, 7) is 9.08. The van der Waals surface area contributed by atoms with Crippen LogP contribution >= 0.6 is 24.0 Å². The van der Waals surface area contributed by atoms with E-state index in [1.54, 1.807) is 7.11 Å². The first kappa shape index (κ1) is 24.0. The van der Waals surface area contributed by atoms with Gasteiger partial charge < -0.3 is 29.3 Å². The lowest BCUT2D eigenvalue weighted by Crippen LogP contribution is -2.40. The second-order valence-corrected chi connectivity index (χ2v) is 7.52. The van der Waals surface area contributed by atoms with Gasteiger partial charge in [0.2, 0.25) is 6.79 Å². The molecule has 0 bridgehead atoms. The summed E-state index contributed by atoms with van der Waals surface area (Å²) in [4.78, 5) is 9.59. The summed E-state index contributed by atoms with van der Waals surface area (Å²) in [6, 6.07) is 6.12. The van der Waals surface area contributed by atoms with Crippen LogP contribution < -0.4 is 14.8 Å². The lowest BCUT2D eigenvalue weighted by Gasteiger charge is -2.31. The van der Waals surface area contributed by atoms with Crippen molar-refractivity contribution in [2.24, 2.45) is 10.9 Å². The van der Waals surface area contributed by atoms with E-state index in [0.29, 0.717) is 12.7 Å². The van der Waals surface area contributed by atoms with E-state index in [9.17, 15) is 0 Å². The lowest BCUT2D eigenvalue weighted by molar-refractivity contribution is 0.121. The fourth-order valence-corrected chi connectivity index (χ4v) is 3.69. The fourth-order valence-electron chi connectivity index (χ4n) is 3.69. The van der Waals surface area contributed by atoms with Crippen molar-refractivity contribution in [3.63, 3.8) is 0 Å². The van der Waals surface area contributed by atoms with Crippen LogP contribution in [0.1, 0.15) is 25.3 Å². The third kappa shape index (κ3) is 7.18. The molecule has 0 saturated carbocycles. The first-order valence-corrected chi connectivity index (χ1v) is 10.3. The molecule has 1 saturated heterocycles. The molecule has 0 unspecified atom stereocenters. The maximum Gasteiger partial charge on any atom is 0.231 e. The summed E-state index contributed by atoms with van der Waals surface area (Å²) < 4.78 is 16.1. The van der Waals surface area contributed by atoms with Crippen molar-refractivity contribution in [1.82, 2.24) is 15.1 Å². The Labute approximate surface area is 191 Å². The molecule has 1 fully saturated rings. The van der Waals surface area contributed by atoms with E-state index < -0.39 is 0 Å². The number of methoxy groups -OCH3 is 1. The Hall–Kier alpha value is -1.26. The van der Waals surface area contributed by atoms with E-state index in [1.807, 2.05) is 6.07 Å². The minimum absolute atomic E-state index is 0. The van der Waals surface area contributed by atoms with Crippen LogP contribution in [0.4, 0.5) is 0 Å². The van der Waals surface area contributed by atoms with E-state index in [0.717, 1.165) is 63.3 Å². The lowest BCUT2D eigenvalue weighted by atomic mass is 9.97. The molecule has 3 rings (SSSR count). The normalized spacial score (nSPS) is 17.1. The van der Waals surface area contributed by atoms with E-state index in [2.05, 4.69) is 41.2 Å². The predicted octanol–water partition coefficient (Wildman–Crippen LogP) is 2.79. The number of piperidine rings is 1. The molecule has 0 radical (unpaired) electrons. The van der Waals surface area contributed by atoms with Crippen LogP contribution in [-0.4, -0.2) is 76.0 Å². The first-order chi connectivity index (χ1) is 13.7. The van der Waals surface area contributed by atoms with Crippen molar-refractivity contribution in [2.45, 2.75) is 26.3 Å². The summed E-state index contributed by atoms with van der Waals surface area (Å²) in [5, 5.41) is 3.42. The molecule has 0 aliphatic carbocycles. The molecule has 0 aromatic heterocycles. The molecule has 164 valence electrons. The number of hydrogen-bond donors (Lipinski definition) is 1. The second-order valence-electron chi connectivity index (χ2n) is 7.52. The Balaban J connectivity index is 0.00000300. The van der Waals surface area contributed by atoms with Crippen molar-refractivity contribution in [2.75, 3.05) is 60.3 Å². The number of guanidine groups is 1. The zero-order valence-electron chi connectivity index (χ0n) is 17.9. The van der Waals surface area contributed by atoms with Gasteiger partial charge in [0.1, 0.15) is 0 Å². The monoisotopic (exact) mass is 518 g/mol. The van der Waals surface area contributed by atoms with Crippen LogP contribution in [0.25, 0.3) is 0 Å². The third-order valence-electron chi connectivity index (χ3n) is 5.37. The minimum Gasteiger partial charge on any atom is -0.454 e. The largest absolute Gasteiger partial charge is 0.454 e. The number of ether oxygens (including phenoxy) is 3. The number of nitrogens with one attached hydrogen (secondary N) is 1. The molecule has 0 spiro atoms. The van der Waals surface area contributed by atoms with Crippen LogP contribution in [0.15, 0.2) is 23.2 Å². The Morgan fingerprint density at radius 1 is 1.28 bits per heavy atom. The van der Waals surface area contributed by atoms with Crippen LogP contribution in [0.2, 0.25) is 0 Å². The van der Waals surface area contributed by atoms with Crippen molar-refractivity contribution >= 4 is 29.9 Å².